The van der Waals surface area contributed by atoms with E-state index in [1.807, 2.05) is 25.1 Å². The van der Waals surface area contributed by atoms with Crippen molar-refractivity contribution >= 4 is 5.69 Å². The van der Waals surface area contributed by atoms with E-state index in [9.17, 15) is 8.78 Å². The predicted octanol–water partition coefficient (Wildman–Crippen LogP) is 4.60. The van der Waals surface area contributed by atoms with Gasteiger partial charge in [-0.2, -0.15) is 5.26 Å². The zero-order valence-corrected chi connectivity index (χ0v) is 13.7. The largest absolute Gasteiger partial charge is 0.371 e. The number of hydrogen-bond acceptors (Lipinski definition) is 2. The summed E-state index contributed by atoms with van der Waals surface area (Å²) in [7, 11) is 0. The van der Waals surface area contributed by atoms with Crippen molar-refractivity contribution < 1.29 is 8.78 Å². The maximum Gasteiger partial charge on any atom is 0.129 e. The van der Waals surface area contributed by atoms with Gasteiger partial charge in [-0.25, -0.2) is 8.78 Å². The van der Waals surface area contributed by atoms with Crippen LogP contribution in [0.2, 0.25) is 0 Å². The number of aryl methyl sites for hydroxylation is 1. The summed E-state index contributed by atoms with van der Waals surface area (Å²) in [5, 5.41) is 8.96. The van der Waals surface area contributed by atoms with Gasteiger partial charge in [0, 0.05) is 24.8 Å². The molecule has 2 aromatic carbocycles. The Morgan fingerprint density at radius 1 is 1.12 bits per heavy atom. The second-order valence-electron chi connectivity index (χ2n) is 6.48. The summed E-state index contributed by atoms with van der Waals surface area (Å²) in [6, 6.07) is 11.8. The molecular formula is C20H20F2N2. The van der Waals surface area contributed by atoms with Crippen molar-refractivity contribution in [1.82, 2.24) is 0 Å². The first-order valence-corrected chi connectivity index (χ1v) is 8.26. The normalized spacial score (nSPS) is 15.3. The predicted molar refractivity (Wildman–Crippen MR) is 90.9 cm³/mol. The van der Waals surface area contributed by atoms with Crippen molar-refractivity contribution in [3.05, 3.63) is 64.7 Å². The molecule has 0 saturated carbocycles. The van der Waals surface area contributed by atoms with Crippen LogP contribution in [0, 0.1) is 35.8 Å². The molecule has 2 nitrogen and oxygen atoms in total. The van der Waals surface area contributed by atoms with E-state index in [1.165, 1.54) is 11.8 Å². The molecule has 1 fully saturated rings. The Kier molecular flexibility index (Phi) is 4.80. The molecular weight excluding hydrogens is 306 g/mol. The average Bonchev–Trinajstić information content (AvgIpc) is 2.58. The zero-order valence-electron chi connectivity index (χ0n) is 13.7. The van der Waals surface area contributed by atoms with Crippen LogP contribution in [0.1, 0.15) is 29.5 Å². The molecule has 0 unspecified atom stereocenters. The lowest BCUT2D eigenvalue weighted by Crippen LogP contribution is -2.34. The van der Waals surface area contributed by atoms with Gasteiger partial charge in [-0.3, -0.25) is 0 Å². The number of anilines is 1. The first-order valence-electron chi connectivity index (χ1n) is 8.26. The molecule has 0 atom stereocenters. The first-order chi connectivity index (χ1) is 11.6. The molecule has 0 N–H and O–H groups in total. The summed E-state index contributed by atoms with van der Waals surface area (Å²) in [6.45, 7) is 3.86. The molecule has 0 radical (unpaired) electrons. The van der Waals surface area contributed by atoms with E-state index in [2.05, 4.69) is 11.0 Å². The number of hydrogen-bond donors (Lipinski definition) is 0. The van der Waals surface area contributed by atoms with Crippen molar-refractivity contribution in [2.24, 2.45) is 5.92 Å². The maximum absolute atomic E-state index is 13.8. The van der Waals surface area contributed by atoms with Crippen LogP contribution in [0.4, 0.5) is 14.5 Å². The van der Waals surface area contributed by atoms with Gasteiger partial charge in [0.2, 0.25) is 0 Å². The molecule has 1 heterocycles. The lowest BCUT2D eigenvalue weighted by molar-refractivity contribution is 0.397. The average molecular weight is 326 g/mol. The molecule has 3 rings (SSSR count). The zero-order chi connectivity index (χ0) is 17.1. The van der Waals surface area contributed by atoms with Gasteiger partial charge >= 0.3 is 0 Å². The highest BCUT2D eigenvalue weighted by atomic mass is 19.1. The van der Waals surface area contributed by atoms with E-state index in [1.54, 1.807) is 6.07 Å². The Balaban J connectivity index is 1.62. The van der Waals surface area contributed by atoms with Crippen LogP contribution >= 0.6 is 0 Å². The Hall–Kier alpha value is -2.41. The fourth-order valence-corrected chi connectivity index (χ4v) is 3.46. The van der Waals surface area contributed by atoms with Crippen molar-refractivity contribution in [1.29, 1.82) is 5.26 Å². The Morgan fingerprint density at radius 2 is 1.88 bits per heavy atom. The standard InChI is InChI=1S/C20H20F2N2/c1-14-10-16(13-23)2-5-20(14)24-8-6-15(7-9-24)11-17-3-4-18(21)12-19(17)22/h2-5,10,12,15H,6-9,11H2,1H3. The first kappa shape index (κ1) is 16.4. The molecule has 4 heteroatoms. The van der Waals surface area contributed by atoms with Crippen LogP contribution in [-0.2, 0) is 6.42 Å². The fourth-order valence-electron chi connectivity index (χ4n) is 3.46. The summed E-state index contributed by atoms with van der Waals surface area (Å²) in [6.07, 6.45) is 2.62. The minimum Gasteiger partial charge on any atom is -0.371 e. The SMILES string of the molecule is Cc1cc(C#N)ccc1N1CCC(Cc2ccc(F)cc2F)CC1. The van der Waals surface area contributed by atoms with Crippen LogP contribution in [0.3, 0.4) is 0 Å². The van der Waals surface area contributed by atoms with E-state index in [-0.39, 0.29) is 0 Å². The lowest BCUT2D eigenvalue weighted by Gasteiger charge is -2.34. The minimum absolute atomic E-state index is 0.417. The molecule has 0 aromatic heterocycles. The van der Waals surface area contributed by atoms with Gasteiger partial charge in [0.05, 0.1) is 11.6 Å². The molecule has 124 valence electrons. The monoisotopic (exact) mass is 326 g/mol. The highest BCUT2D eigenvalue weighted by molar-refractivity contribution is 5.56. The minimum atomic E-state index is -0.526. The van der Waals surface area contributed by atoms with Gasteiger partial charge < -0.3 is 4.90 Å². The topological polar surface area (TPSA) is 27.0 Å². The van der Waals surface area contributed by atoms with Crippen molar-refractivity contribution in [2.45, 2.75) is 26.2 Å². The molecule has 0 aliphatic carbocycles. The number of rotatable bonds is 3. The second-order valence-corrected chi connectivity index (χ2v) is 6.48. The maximum atomic E-state index is 13.8. The van der Waals surface area contributed by atoms with E-state index in [0.29, 0.717) is 23.5 Å². The van der Waals surface area contributed by atoms with Crippen LogP contribution in [0.15, 0.2) is 36.4 Å². The van der Waals surface area contributed by atoms with Crippen molar-refractivity contribution in [2.75, 3.05) is 18.0 Å². The Labute approximate surface area is 141 Å². The van der Waals surface area contributed by atoms with E-state index < -0.39 is 11.6 Å². The second kappa shape index (κ2) is 7.00. The van der Waals surface area contributed by atoms with E-state index in [4.69, 9.17) is 5.26 Å². The van der Waals surface area contributed by atoms with Gasteiger partial charge in [0.15, 0.2) is 0 Å². The van der Waals surface area contributed by atoms with E-state index in [0.717, 1.165) is 37.6 Å². The van der Waals surface area contributed by atoms with Crippen molar-refractivity contribution in [3.63, 3.8) is 0 Å². The quantitative estimate of drug-likeness (QED) is 0.824. The van der Waals surface area contributed by atoms with Gasteiger partial charge in [0.1, 0.15) is 11.6 Å². The third-order valence-corrected chi connectivity index (χ3v) is 4.80. The molecule has 1 saturated heterocycles. The molecule has 0 amide bonds. The molecule has 1 aliphatic rings. The van der Waals surface area contributed by atoms with Crippen LogP contribution in [0.5, 0.6) is 0 Å². The summed E-state index contributed by atoms with van der Waals surface area (Å²) in [4.78, 5) is 2.33. The smallest absolute Gasteiger partial charge is 0.129 e. The number of benzene rings is 2. The van der Waals surface area contributed by atoms with Crippen LogP contribution in [0.25, 0.3) is 0 Å². The number of halogens is 2. The number of piperidine rings is 1. The van der Waals surface area contributed by atoms with Crippen molar-refractivity contribution in [3.8, 4) is 6.07 Å². The highest BCUT2D eigenvalue weighted by Crippen LogP contribution is 2.29. The van der Waals surface area contributed by atoms with Gasteiger partial charge in [-0.1, -0.05) is 6.07 Å². The molecule has 24 heavy (non-hydrogen) atoms. The van der Waals surface area contributed by atoms with Crippen LogP contribution < -0.4 is 4.90 Å². The van der Waals surface area contributed by atoms with Crippen LogP contribution in [-0.4, -0.2) is 13.1 Å². The summed E-state index contributed by atoms with van der Waals surface area (Å²) >= 11 is 0. The number of nitrogens with zero attached hydrogens (tertiary/aromatic N) is 2. The highest BCUT2D eigenvalue weighted by Gasteiger charge is 2.21. The fraction of sp³-hybridized carbons (Fsp3) is 0.350. The number of nitriles is 1. The molecule has 0 bridgehead atoms. The van der Waals surface area contributed by atoms with Gasteiger partial charge in [-0.15, -0.1) is 0 Å². The summed E-state index contributed by atoms with van der Waals surface area (Å²) < 4.78 is 26.8. The summed E-state index contributed by atoms with van der Waals surface area (Å²) in [5.41, 5.74) is 3.56. The molecule has 1 aliphatic heterocycles. The van der Waals surface area contributed by atoms with E-state index >= 15 is 0 Å². The molecule has 0 spiro atoms. The lowest BCUT2D eigenvalue weighted by atomic mass is 9.89. The third kappa shape index (κ3) is 3.56. The third-order valence-electron chi connectivity index (χ3n) is 4.80. The Morgan fingerprint density at radius 3 is 2.50 bits per heavy atom. The van der Waals surface area contributed by atoms with Gasteiger partial charge in [-0.05, 0) is 67.5 Å². The Bertz CT molecular complexity index is 772. The molecule has 2 aromatic rings. The summed E-state index contributed by atoms with van der Waals surface area (Å²) in [5.74, 6) is -0.553. The van der Waals surface area contributed by atoms with Gasteiger partial charge in [0.25, 0.3) is 0 Å².